The van der Waals surface area contributed by atoms with Gasteiger partial charge in [-0.3, -0.25) is 0 Å². The maximum Gasteiger partial charge on any atom is 0.137 e. The number of nitrogens with zero attached hydrogens (tertiary/aromatic N) is 2. The molecule has 0 saturated carbocycles. The topological polar surface area (TPSA) is 63.8 Å². The predicted octanol–water partition coefficient (Wildman–Crippen LogP) is 3.63. The van der Waals surface area contributed by atoms with Gasteiger partial charge in [-0.15, -0.1) is 11.3 Å². The molecule has 0 bridgehead atoms. The minimum Gasteiger partial charge on any atom is -0.399 e. The lowest BCUT2D eigenvalue weighted by atomic mass is 10.1. The van der Waals surface area contributed by atoms with Crippen LogP contribution < -0.4 is 11.1 Å². The normalized spacial score (nSPS) is 12.5. The molecule has 2 heterocycles. The van der Waals surface area contributed by atoms with Crippen molar-refractivity contribution in [2.24, 2.45) is 0 Å². The van der Waals surface area contributed by atoms with Crippen molar-refractivity contribution in [1.29, 1.82) is 0 Å². The molecule has 1 unspecified atom stereocenters. The SMILES string of the molecule is Cc1ccc(CC(C)Nc2ncnc3cc(N)ccc23)s1. The van der Waals surface area contributed by atoms with Gasteiger partial charge in [-0.2, -0.15) is 0 Å². The van der Waals surface area contributed by atoms with Crippen LogP contribution in [-0.4, -0.2) is 16.0 Å². The van der Waals surface area contributed by atoms with Crippen molar-refractivity contribution in [3.8, 4) is 0 Å². The second kappa shape index (κ2) is 5.69. The van der Waals surface area contributed by atoms with E-state index in [4.69, 9.17) is 5.73 Å². The van der Waals surface area contributed by atoms with Crippen LogP contribution in [0.25, 0.3) is 10.9 Å². The largest absolute Gasteiger partial charge is 0.399 e. The van der Waals surface area contributed by atoms with Crippen molar-refractivity contribution < 1.29 is 0 Å². The molecular weight excluding hydrogens is 280 g/mol. The fourth-order valence-electron chi connectivity index (χ4n) is 2.37. The Morgan fingerprint density at radius 1 is 1.24 bits per heavy atom. The molecule has 3 aromatic rings. The summed E-state index contributed by atoms with van der Waals surface area (Å²) >= 11 is 1.84. The number of aryl methyl sites for hydroxylation is 1. The van der Waals surface area contributed by atoms with E-state index < -0.39 is 0 Å². The van der Waals surface area contributed by atoms with E-state index in [0.717, 1.165) is 23.1 Å². The van der Waals surface area contributed by atoms with Gasteiger partial charge in [0.15, 0.2) is 0 Å². The van der Waals surface area contributed by atoms with Gasteiger partial charge < -0.3 is 11.1 Å². The van der Waals surface area contributed by atoms with Gasteiger partial charge in [0.2, 0.25) is 0 Å². The molecule has 1 aromatic carbocycles. The molecule has 108 valence electrons. The summed E-state index contributed by atoms with van der Waals surface area (Å²) < 4.78 is 0. The first-order valence-electron chi connectivity index (χ1n) is 6.94. The van der Waals surface area contributed by atoms with E-state index in [9.17, 15) is 0 Å². The van der Waals surface area contributed by atoms with Crippen LogP contribution in [0.3, 0.4) is 0 Å². The number of nitrogens with two attached hydrogens (primary N) is 1. The molecule has 0 saturated heterocycles. The molecule has 0 amide bonds. The minimum atomic E-state index is 0.304. The van der Waals surface area contributed by atoms with Crippen LogP contribution in [0.4, 0.5) is 11.5 Å². The first-order valence-corrected chi connectivity index (χ1v) is 7.75. The van der Waals surface area contributed by atoms with Gasteiger partial charge in [-0.1, -0.05) is 0 Å². The second-order valence-corrected chi connectivity index (χ2v) is 6.63. The standard InChI is InChI=1S/C16H18N4S/c1-10(7-13-5-3-11(2)21-13)20-16-14-6-4-12(17)8-15(14)18-9-19-16/h3-6,8-10H,7,17H2,1-2H3,(H,18,19,20). The molecule has 0 fully saturated rings. The molecule has 0 radical (unpaired) electrons. The van der Waals surface area contributed by atoms with Gasteiger partial charge in [0.1, 0.15) is 12.1 Å². The van der Waals surface area contributed by atoms with Crippen LogP contribution >= 0.6 is 11.3 Å². The van der Waals surface area contributed by atoms with Crippen LogP contribution in [0.5, 0.6) is 0 Å². The van der Waals surface area contributed by atoms with E-state index in [2.05, 4.69) is 41.3 Å². The number of rotatable bonds is 4. The minimum absolute atomic E-state index is 0.304. The van der Waals surface area contributed by atoms with Crippen molar-refractivity contribution in [1.82, 2.24) is 9.97 Å². The summed E-state index contributed by atoms with van der Waals surface area (Å²) in [5.41, 5.74) is 7.38. The Morgan fingerprint density at radius 3 is 2.86 bits per heavy atom. The third kappa shape index (κ3) is 3.13. The van der Waals surface area contributed by atoms with Gasteiger partial charge in [0, 0.05) is 33.3 Å². The number of hydrogen-bond acceptors (Lipinski definition) is 5. The van der Waals surface area contributed by atoms with Gasteiger partial charge >= 0.3 is 0 Å². The number of thiophene rings is 1. The summed E-state index contributed by atoms with van der Waals surface area (Å²) in [7, 11) is 0. The van der Waals surface area contributed by atoms with Crippen molar-refractivity contribution in [2.75, 3.05) is 11.1 Å². The lowest BCUT2D eigenvalue weighted by Gasteiger charge is -2.15. The molecule has 5 heteroatoms. The Morgan fingerprint density at radius 2 is 2.10 bits per heavy atom. The number of nitrogen functional groups attached to an aromatic ring is 1. The van der Waals surface area contributed by atoms with Crippen LogP contribution in [0.15, 0.2) is 36.7 Å². The highest BCUT2D eigenvalue weighted by atomic mass is 32.1. The summed E-state index contributed by atoms with van der Waals surface area (Å²) in [6.45, 7) is 4.30. The van der Waals surface area contributed by atoms with Gasteiger partial charge in [-0.05, 0) is 44.2 Å². The van der Waals surface area contributed by atoms with E-state index in [1.807, 2.05) is 29.5 Å². The Bertz CT molecular complexity index is 766. The maximum absolute atomic E-state index is 5.80. The summed E-state index contributed by atoms with van der Waals surface area (Å²) in [5.74, 6) is 0.862. The third-order valence-corrected chi connectivity index (χ3v) is 4.37. The van der Waals surface area contributed by atoms with E-state index in [-0.39, 0.29) is 0 Å². The fraction of sp³-hybridized carbons (Fsp3) is 0.250. The smallest absolute Gasteiger partial charge is 0.137 e. The van der Waals surface area contributed by atoms with E-state index >= 15 is 0 Å². The Balaban J connectivity index is 1.81. The number of aromatic nitrogens is 2. The highest BCUT2D eigenvalue weighted by molar-refractivity contribution is 7.11. The second-order valence-electron chi connectivity index (χ2n) is 5.26. The molecule has 0 aliphatic rings. The number of benzene rings is 1. The lowest BCUT2D eigenvalue weighted by Crippen LogP contribution is -2.18. The van der Waals surface area contributed by atoms with E-state index in [1.165, 1.54) is 9.75 Å². The summed E-state index contributed by atoms with van der Waals surface area (Å²) in [5, 5.41) is 4.48. The van der Waals surface area contributed by atoms with Crippen molar-refractivity contribution in [3.63, 3.8) is 0 Å². The zero-order valence-electron chi connectivity index (χ0n) is 12.1. The highest BCUT2D eigenvalue weighted by Gasteiger charge is 2.09. The van der Waals surface area contributed by atoms with Crippen LogP contribution in [0.2, 0.25) is 0 Å². The van der Waals surface area contributed by atoms with Gasteiger partial charge in [0.05, 0.1) is 5.52 Å². The number of hydrogen-bond donors (Lipinski definition) is 2. The fourth-order valence-corrected chi connectivity index (χ4v) is 3.39. The Hall–Kier alpha value is -2.14. The molecule has 4 nitrogen and oxygen atoms in total. The first-order chi connectivity index (χ1) is 10.1. The first kappa shape index (κ1) is 13.8. The van der Waals surface area contributed by atoms with Gasteiger partial charge in [-0.25, -0.2) is 9.97 Å². The molecule has 0 aliphatic carbocycles. The molecule has 21 heavy (non-hydrogen) atoms. The molecule has 0 spiro atoms. The highest BCUT2D eigenvalue weighted by Crippen LogP contribution is 2.23. The quantitative estimate of drug-likeness (QED) is 0.722. The molecule has 3 N–H and O–H groups in total. The van der Waals surface area contributed by atoms with Crippen molar-refractivity contribution in [3.05, 3.63) is 46.4 Å². The Labute approximate surface area is 128 Å². The third-order valence-electron chi connectivity index (χ3n) is 3.35. The zero-order chi connectivity index (χ0) is 14.8. The van der Waals surface area contributed by atoms with Crippen molar-refractivity contribution >= 4 is 33.7 Å². The number of anilines is 2. The lowest BCUT2D eigenvalue weighted by molar-refractivity contribution is 0.795. The predicted molar refractivity (Wildman–Crippen MR) is 89.8 cm³/mol. The summed E-state index contributed by atoms with van der Waals surface area (Å²) in [6.07, 6.45) is 2.56. The molecule has 1 atom stereocenters. The van der Waals surface area contributed by atoms with E-state index in [0.29, 0.717) is 11.7 Å². The Kier molecular flexibility index (Phi) is 3.75. The van der Waals surface area contributed by atoms with E-state index in [1.54, 1.807) is 6.33 Å². The zero-order valence-corrected chi connectivity index (χ0v) is 12.9. The number of nitrogens with one attached hydrogen (secondary N) is 1. The summed E-state index contributed by atoms with van der Waals surface area (Å²) in [4.78, 5) is 11.4. The molecule has 3 rings (SSSR count). The maximum atomic E-state index is 5.80. The van der Waals surface area contributed by atoms with Crippen molar-refractivity contribution in [2.45, 2.75) is 26.3 Å². The average Bonchev–Trinajstić information content (AvgIpc) is 2.83. The monoisotopic (exact) mass is 298 g/mol. The van der Waals surface area contributed by atoms with Gasteiger partial charge in [0.25, 0.3) is 0 Å². The molecular formula is C16H18N4S. The molecule has 0 aliphatic heterocycles. The number of fused-ring (bicyclic) bond motifs is 1. The van der Waals surface area contributed by atoms with Crippen LogP contribution in [0.1, 0.15) is 16.7 Å². The van der Waals surface area contributed by atoms with Crippen LogP contribution in [-0.2, 0) is 6.42 Å². The molecule has 2 aromatic heterocycles. The average molecular weight is 298 g/mol. The summed E-state index contributed by atoms with van der Waals surface area (Å²) in [6, 6.07) is 10.4. The van der Waals surface area contributed by atoms with Crippen LogP contribution in [0, 0.1) is 6.92 Å².